The van der Waals surface area contributed by atoms with Gasteiger partial charge in [0.1, 0.15) is 29.5 Å². The van der Waals surface area contributed by atoms with Gasteiger partial charge in [0.15, 0.2) is 5.76 Å². The molecule has 0 fully saturated rings. The van der Waals surface area contributed by atoms with Gasteiger partial charge in [0.05, 0.1) is 25.2 Å². The summed E-state index contributed by atoms with van der Waals surface area (Å²) >= 11 is 0. The molecule has 9 heteroatoms. The van der Waals surface area contributed by atoms with Crippen molar-refractivity contribution in [3.8, 4) is 33.9 Å². The molecule has 2 heterocycles. The highest BCUT2D eigenvalue weighted by Gasteiger charge is 2.26. The number of carboxylic acids is 1. The number of carboxylic acid groups (broad SMARTS) is 1. The largest absolute Gasteiger partial charge is 0.497 e. The summed E-state index contributed by atoms with van der Waals surface area (Å²) in [6.45, 7) is 0.581. The normalized spacial score (nSPS) is 10.9. The van der Waals surface area contributed by atoms with E-state index in [0.29, 0.717) is 46.9 Å². The van der Waals surface area contributed by atoms with E-state index < -0.39 is 11.8 Å². The van der Waals surface area contributed by atoms with Gasteiger partial charge in [-0.1, -0.05) is 24.6 Å². The Hall–Kier alpha value is -4.14. The van der Waals surface area contributed by atoms with Gasteiger partial charge in [0, 0.05) is 18.5 Å². The molecule has 0 saturated heterocycles. The first-order valence-corrected chi connectivity index (χ1v) is 11.2. The fourth-order valence-corrected chi connectivity index (χ4v) is 3.96. The van der Waals surface area contributed by atoms with Crippen molar-refractivity contribution < 1.29 is 28.2 Å². The molecule has 0 saturated carbocycles. The molecule has 0 spiro atoms. The lowest BCUT2D eigenvalue weighted by Crippen LogP contribution is -2.05. The third kappa shape index (κ3) is 5.18. The number of ether oxygens (including phenoxy) is 2. The SMILES string of the molecule is COc1ccc(-c2c(-c3c(F)cccc3OC)oc3ncnc(NCCCCCC(=O)O)c23)cc1. The van der Waals surface area contributed by atoms with E-state index in [1.807, 2.05) is 24.3 Å². The highest BCUT2D eigenvalue weighted by atomic mass is 19.1. The van der Waals surface area contributed by atoms with Crippen LogP contribution in [0.5, 0.6) is 11.5 Å². The first kappa shape index (κ1) is 24.0. The second-order valence-corrected chi connectivity index (χ2v) is 7.89. The highest BCUT2D eigenvalue weighted by molar-refractivity contribution is 6.06. The minimum atomic E-state index is -0.797. The molecule has 0 bridgehead atoms. The van der Waals surface area contributed by atoms with Crippen LogP contribution in [0.1, 0.15) is 25.7 Å². The second-order valence-electron chi connectivity index (χ2n) is 7.89. The second kappa shape index (κ2) is 10.9. The summed E-state index contributed by atoms with van der Waals surface area (Å²) in [6, 6.07) is 12.0. The Morgan fingerprint density at radius 1 is 1.03 bits per heavy atom. The summed E-state index contributed by atoms with van der Waals surface area (Å²) in [5.41, 5.74) is 1.89. The van der Waals surface area contributed by atoms with E-state index in [1.54, 1.807) is 19.2 Å². The van der Waals surface area contributed by atoms with Gasteiger partial charge in [-0.3, -0.25) is 4.79 Å². The lowest BCUT2D eigenvalue weighted by Gasteiger charge is -2.11. The number of fused-ring (bicyclic) bond motifs is 1. The molecule has 2 N–H and O–H groups in total. The Morgan fingerprint density at radius 3 is 2.54 bits per heavy atom. The van der Waals surface area contributed by atoms with Crippen molar-refractivity contribution in [2.24, 2.45) is 0 Å². The number of unbranched alkanes of at least 4 members (excludes halogenated alkanes) is 2. The number of benzene rings is 2. The van der Waals surface area contributed by atoms with Crippen LogP contribution < -0.4 is 14.8 Å². The van der Waals surface area contributed by atoms with E-state index >= 15 is 4.39 Å². The number of rotatable bonds is 11. The molecule has 0 atom stereocenters. The third-order valence-electron chi connectivity index (χ3n) is 5.65. The Kier molecular flexibility index (Phi) is 7.45. The van der Waals surface area contributed by atoms with Gasteiger partial charge in [-0.05, 0) is 42.7 Å². The zero-order chi connectivity index (χ0) is 24.8. The predicted molar refractivity (Wildman–Crippen MR) is 130 cm³/mol. The maximum atomic E-state index is 15.1. The minimum Gasteiger partial charge on any atom is -0.497 e. The fourth-order valence-electron chi connectivity index (χ4n) is 3.96. The summed E-state index contributed by atoms with van der Waals surface area (Å²) in [6.07, 6.45) is 3.67. The van der Waals surface area contributed by atoms with Gasteiger partial charge in [-0.2, -0.15) is 0 Å². The van der Waals surface area contributed by atoms with E-state index in [0.717, 1.165) is 18.4 Å². The number of aromatic nitrogens is 2. The number of methoxy groups -OCH3 is 2. The first-order valence-electron chi connectivity index (χ1n) is 11.2. The van der Waals surface area contributed by atoms with Gasteiger partial charge in [0.25, 0.3) is 0 Å². The summed E-state index contributed by atoms with van der Waals surface area (Å²) in [7, 11) is 3.06. The van der Waals surface area contributed by atoms with Crippen LogP contribution in [-0.2, 0) is 4.79 Å². The number of carbonyl (C=O) groups is 1. The molecule has 0 radical (unpaired) electrons. The molecule has 0 aliphatic heterocycles. The number of nitrogens with one attached hydrogen (secondary N) is 1. The highest BCUT2D eigenvalue weighted by Crippen LogP contribution is 2.46. The summed E-state index contributed by atoms with van der Waals surface area (Å²) < 4.78 is 31.9. The number of aliphatic carboxylic acids is 1. The maximum absolute atomic E-state index is 15.1. The number of hydrogen-bond acceptors (Lipinski definition) is 7. The van der Waals surface area contributed by atoms with E-state index in [4.69, 9.17) is 19.0 Å². The maximum Gasteiger partial charge on any atom is 0.303 e. The predicted octanol–water partition coefficient (Wildman–Crippen LogP) is 5.77. The van der Waals surface area contributed by atoms with Crippen molar-refractivity contribution >= 4 is 22.9 Å². The van der Waals surface area contributed by atoms with Gasteiger partial charge >= 0.3 is 5.97 Å². The van der Waals surface area contributed by atoms with Crippen molar-refractivity contribution in [3.63, 3.8) is 0 Å². The van der Waals surface area contributed by atoms with Crippen LogP contribution in [-0.4, -0.2) is 41.8 Å². The molecule has 4 aromatic rings. The summed E-state index contributed by atoms with van der Waals surface area (Å²) in [5, 5.41) is 12.7. The number of furan rings is 1. The zero-order valence-corrected chi connectivity index (χ0v) is 19.5. The fraction of sp³-hybridized carbons (Fsp3) is 0.269. The van der Waals surface area contributed by atoms with E-state index in [1.165, 1.54) is 19.5 Å². The third-order valence-corrected chi connectivity index (χ3v) is 5.65. The molecule has 8 nitrogen and oxygen atoms in total. The number of anilines is 1. The molecule has 0 unspecified atom stereocenters. The van der Waals surface area contributed by atoms with Crippen molar-refractivity contribution in [3.05, 3.63) is 54.6 Å². The molecule has 35 heavy (non-hydrogen) atoms. The van der Waals surface area contributed by atoms with Gasteiger partial charge in [-0.25, -0.2) is 14.4 Å². The van der Waals surface area contributed by atoms with E-state index in [2.05, 4.69) is 15.3 Å². The van der Waals surface area contributed by atoms with Crippen LogP contribution in [0.2, 0.25) is 0 Å². The molecule has 0 amide bonds. The van der Waals surface area contributed by atoms with Crippen molar-refractivity contribution in [1.29, 1.82) is 0 Å². The monoisotopic (exact) mass is 479 g/mol. The molecular formula is C26H26FN3O5. The number of nitrogens with zero attached hydrogens (tertiary/aromatic N) is 2. The van der Waals surface area contributed by atoms with Crippen LogP contribution in [0, 0.1) is 5.82 Å². The van der Waals surface area contributed by atoms with Crippen LogP contribution >= 0.6 is 0 Å². The van der Waals surface area contributed by atoms with Crippen molar-refractivity contribution in [1.82, 2.24) is 9.97 Å². The minimum absolute atomic E-state index is 0.148. The average molecular weight is 480 g/mol. The Morgan fingerprint density at radius 2 is 1.83 bits per heavy atom. The molecule has 2 aromatic carbocycles. The van der Waals surface area contributed by atoms with Crippen LogP contribution in [0.15, 0.2) is 53.2 Å². The Labute approximate surface area is 201 Å². The lowest BCUT2D eigenvalue weighted by molar-refractivity contribution is -0.137. The molecule has 0 aliphatic rings. The van der Waals surface area contributed by atoms with Crippen molar-refractivity contribution in [2.75, 3.05) is 26.1 Å². The molecule has 2 aromatic heterocycles. The van der Waals surface area contributed by atoms with Crippen molar-refractivity contribution in [2.45, 2.75) is 25.7 Å². The zero-order valence-electron chi connectivity index (χ0n) is 19.5. The summed E-state index contributed by atoms with van der Waals surface area (Å²) in [5.74, 6) is 0.560. The van der Waals surface area contributed by atoms with Crippen LogP contribution in [0.25, 0.3) is 33.6 Å². The average Bonchev–Trinajstić information content (AvgIpc) is 3.25. The smallest absolute Gasteiger partial charge is 0.303 e. The van der Waals surface area contributed by atoms with E-state index in [-0.39, 0.29) is 17.7 Å². The molecule has 4 rings (SSSR count). The van der Waals surface area contributed by atoms with Gasteiger partial charge < -0.3 is 24.3 Å². The Bertz CT molecular complexity index is 1320. The van der Waals surface area contributed by atoms with Gasteiger partial charge in [-0.15, -0.1) is 0 Å². The van der Waals surface area contributed by atoms with Gasteiger partial charge in [0.2, 0.25) is 5.71 Å². The van der Waals surface area contributed by atoms with Crippen LogP contribution in [0.4, 0.5) is 10.2 Å². The van der Waals surface area contributed by atoms with E-state index in [9.17, 15) is 4.79 Å². The Balaban J connectivity index is 1.80. The number of hydrogen-bond donors (Lipinski definition) is 2. The lowest BCUT2D eigenvalue weighted by atomic mass is 9.98. The molecular weight excluding hydrogens is 453 g/mol. The quantitative estimate of drug-likeness (QED) is 0.261. The van der Waals surface area contributed by atoms with Crippen LogP contribution in [0.3, 0.4) is 0 Å². The number of halogens is 1. The molecule has 0 aliphatic carbocycles. The summed E-state index contributed by atoms with van der Waals surface area (Å²) in [4.78, 5) is 19.4. The standard InChI is InChI=1S/C26H26FN3O5/c1-33-17-12-10-16(11-13-17)21-23-25(28-14-5-3-4-9-20(31)32)29-15-30-26(23)35-24(21)22-18(27)7-6-8-19(22)34-2/h6-8,10-13,15H,3-5,9,14H2,1-2H3,(H,31,32)(H,28,29,30). The molecule has 182 valence electrons. The first-order chi connectivity index (χ1) is 17.0. The topological polar surface area (TPSA) is 107 Å².